The average Bonchev–Trinajstić information content (AvgIpc) is 2.85. The Morgan fingerprint density at radius 3 is 2.23 bits per heavy atom. The highest BCUT2D eigenvalue weighted by molar-refractivity contribution is 5.70. The maximum atomic E-state index is 2.29. The molecule has 0 aromatic heterocycles. The molecule has 3 rings (SSSR count). The van der Waals surface area contributed by atoms with Gasteiger partial charge in [-0.1, -0.05) is 68.5 Å². The van der Waals surface area contributed by atoms with Crippen LogP contribution in [0, 0.1) is 0 Å². The average molecular weight is 343 g/mol. The Morgan fingerprint density at radius 1 is 0.846 bits per heavy atom. The summed E-state index contributed by atoms with van der Waals surface area (Å²) in [4.78, 5) is 2.29. The number of nitrogens with zero attached hydrogens (tertiary/aromatic N) is 2. The first-order valence-corrected chi connectivity index (χ1v) is 9.02. The summed E-state index contributed by atoms with van der Waals surface area (Å²) in [6, 6.07) is 19.0. The van der Waals surface area contributed by atoms with Crippen LogP contribution in [0.2, 0.25) is 0 Å². The van der Waals surface area contributed by atoms with Crippen LogP contribution in [0.3, 0.4) is 0 Å². The zero-order valence-corrected chi connectivity index (χ0v) is 16.1. The second-order valence-electron chi connectivity index (χ2n) is 7.12. The number of likely N-dealkylation sites (N-methyl/N-ethyl adjacent to an activating group) is 1. The van der Waals surface area contributed by atoms with Crippen LogP contribution in [0.1, 0.15) is 19.4 Å². The standard InChI is InChI=1S/C24H27N2/c1-24(2)21-16-11-12-17-22(21)26(4)23(24)18-10-5-6-13-19-25(3)20-14-8-7-9-15-20/h5-19H,1-4H3/q+1. The number of fused-ring (bicyclic) bond motifs is 1. The number of anilines is 1. The van der Waals surface area contributed by atoms with E-state index in [0.717, 1.165) is 0 Å². The smallest absolute Gasteiger partial charge is 0.204 e. The lowest BCUT2D eigenvalue weighted by molar-refractivity contribution is -0.398. The van der Waals surface area contributed by atoms with Crippen LogP contribution in [0.5, 0.6) is 0 Å². The first-order chi connectivity index (χ1) is 12.5. The minimum atomic E-state index is 0.0268. The molecule has 0 amide bonds. The SMILES string of the molecule is CN1/C(=C/C=C/C=C/C=[N+](C)c2ccccc2)C(C)(C)c2ccccc21. The molecule has 2 heteroatoms. The van der Waals surface area contributed by atoms with Gasteiger partial charge in [-0.25, -0.2) is 4.58 Å². The monoisotopic (exact) mass is 343 g/mol. The van der Waals surface area contributed by atoms with Gasteiger partial charge in [-0.3, -0.25) is 0 Å². The van der Waals surface area contributed by atoms with Gasteiger partial charge in [-0.2, -0.15) is 0 Å². The third-order valence-electron chi connectivity index (χ3n) is 5.00. The molecule has 0 saturated heterocycles. The van der Waals surface area contributed by atoms with Gasteiger partial charge in [-0.15, -0.1) is 0 Å². The van der Waals surface area contributed by atoms with E-state index in [-0.39, 0.29) is 5.41 Å². The maximum Gasteiger partial charge on any atom is 0.204 e. The van der Waals surface area contributed by atoms with Crippen LogP contribution >= 0.6 is 0 Å². The summed E-state index contributed by atoms with van der Waals surface area (Å²) in [5.74, 6) is 0. The van der Waals surface area contributed by atoms with E-state index in [1.54, 1.807) is 0 Å². The second-order valence-corrected chi connectivity index (χ2v) is 7.12. The zero-order chi connectivity index (χ0) is 18.6. The fourth-order valence-electron chi connectivity index (χ4n) is 3.50. The van der Waals surface area contributed by atoms with Crippen molar-refractivity contribution < 1.29 is 4.58 Å². The molecule has 0 atom stereocenters. The van der Waals surface area contributed by atoms with Gasteiger partial charge in [-0.05, 0) is 17.7 Å². The van der Waals surface area contributed by atoms with Gasteiger partial charge >= 0.3 is 0 Å². The van der Waals surface area contributed by atoms with Crippen molar-refractivity contribution in [1.82, 2.24) is 0 Å². The minimum absolute atomic E-state index is 0.0268. The Morgan fingerprint density at radius 2 is 1.50 bits per heavy atom. The molecule has 132 valence electrons. The van der Waals surface area contributed by atoms with Gasteiger partial charge in [0.05, 0.1) is 0 Å². The number of para-hydroxylation sites is 2. The van der Waals surface area contributed by atoms with Gasteiger partial charge in [0.25, 0.3) is 0 Å². The summed E-state index contributed by atoms with van der Waals surface area (Å²) in [6.07, 6.45) is 12.6. The Balaban J connectivity index is 1.70. The summed E-state index contributed by atoms with van der Waals surface area (Å²) in [6.45, 7) is 4.57. The van der Waals surface area contributed by atoms with Crippen LogP contribution in [-0.4, -0.2) is 24.9 Å². The van der Waals surface area contributed by atoms with Crippen molar-refractivity contribution in [3.63, 3.8) is 0 Å². The van der Waals surface area contributed by atoms with Gasteiger partial charge < -0.3 is 4.90 Å². The normalized spacial score (nSPS) is 18.2. The maximum absolute atomic E-state index is 2.29. The molecule has 1 heterocycles. The number of benzene rings is 2. The number of hydrogen-bond donors (Lipinski definition) is 0. The highest BCUT2D eigenvalue weighted by atomic mass is 15.2. The van der Waals surface area contributed by atoms with Gasteiger partial charge in [0.2, 0.25) is 5.69 Å². The summed E-state index contributed by atoms with van der Waals surface area (Å²) in [7, 11) is 4.20. The lowest BCUT2D eigenvalue weighted by atomic mass is 9.84. The van der Waals surface area contributed by atoms with Crippen molar-refractivity contribution in [2.24, 2.45) is 0 Å². The van der Waals surface area contributed by atoms with E-state index in [4.69, 9.17) is 0 Å². The van der Waals surface area contributed by atoms with Crippen molar-refractivity contribution in [3.8, 4) is 0 Å². The quantitative estimate of drug-likeness (QED) is 0.406. The van der Waals surface area contributed by atoms with Crippen LogP contribution in [0.25, 0.3) is 0 Å². The van der Waals surface area contributed by atoms with Crippen molar-refractivity contribution >= 4 is 17.6 Å². The van der Waals surface area contributed by atoms with Crippen molar-refractivity contribution in [2.45, 2.75) is 19.3 Å². The molecule has 0 spiro atoms. The van der Waals surface area contributed by atoms with Gasteiger partial charge in [0, 0.05) is 42.1 Å². The largest absolute Gasteiger partial charge is 0.347 e. The summed E-state index contributed by atoms with van der Waals surface area (Å²) < 4.78 is 2.10. The topological polar surface area (TPSA) is 6.25 Å². The molecular formula is C24H27N2+. The van der Waals surface area contributed by atoms with E-state index < -0.39 is 0 Å². The molecule has 2 aromatic carbocycles. The second kappa shape index (κ2) is 7.57. The van der Waals surface area contributed by atoms with Crippen LogP contribution < -0.4 is 4.90 Å². The van der Waals surface area contributed by atoms with E-state index in [2.05, 4.69) is 110 Å². The molecule has 2 aromatic rings. The van der Waals surface area contributed by atoms with E-state index in [0.29, 0.717) is 0 Å². The molecule has 0 fully saturated rings. The number of allylic oxidation sites excluding steroid dienone is 6. The molecule has 0 aliphatic carbocycles. The predicted molar refractivity (Wildman–Crippen MR) is 113 cm³/mol. The molecule has 1 aliphatic heterocycles. The number of hydrogen-bond acceptors (Lipinski definition) is 1. The highest BCUT2D eigenvalue weighted by Crippen LogP contribution is 2.46. The molecule has 0 N–H and O–H groups in total. The number of rotatable bonds is 4. The summed E-state index contributed by atoms with van der Waals surface area (Å²) >= 11 is 0. The first-order valence-electron chi connectivity index (χ1n) is 9.02. The van der Waals surface area contributed by atoms with Crippen LogP contribution in [0.15, 0.2) is 90.7 Å². The molecule has 0 saturated carbocycles. The minimum Gasteiger partial charge on any atom is -0.347 e. The van der Waals surface area contributed by atoms with E-state index >= 15 is 0 Å². The first kappa shape index (κ1) is 17.9. The molecule has 26 heavy (non-hydrogen) atoms. The van der Waals surface area contributed by atoms with E-state index in [1.807, 2.05) is 18.2 Å². The van der Waals surface area contributed by atoms with Crippen LogP contribution in [0.4, 0.5) is 11.4 Å². The lowest BCUT2D eigenvalue weighted by Crippen LogP contribution is -2.22. The fraction of sp³-hybridized carbons (Fsp3) is 0.208. The highest BCUT2D eigenvalue weighted by Gasteiger charge is 2.37. The molecule has 0 radical (unpaired) electrons. The predicted octanol–water partition coefficient (Wildman–Crippen LogP) is 5.46. The lowest BCUT2D eigenvalue weighted by Gasteiger charge is -2.23. The van der Waals surface area contributed by atoms with Crippen LogP contribution in [-0.2, 0) is 5.41 Å². The summed E-state index contributed by atoms with van der Waals surface area (Å²) in [5, 5.41) is 0. The van der Waals surface area contributed by atoms with Crippen molar-refractivity contribution in [1.29, 1.82) is 0 Å². The molecule has 2 nitrogen and oxygen atoms in total. The Kier molecular flexibility index (Phi) is 5.22. The molecule has 0 unspecified atom stereocenters. The van der Waals surface area contributed by atoms with E-state index in [9.17, 15) is 0 Å². The summed E-state index contributed by atoms with van der Waals surface area (Å²) in [5.41, 5.74) is 5.20. The Hall–Kier alpha value is -2.87. The van der Waals surface area contributed by atoms with Crippen molar-refractivity contribution in [2.75, 3.05) is 19.0 Å². The molecular weight excluding hydrogens is 316 g/mol. The zero-order valence-electron chi connectivity index (χ0n) is 16.1. The molecule has 0 bridgehead atoms. The molecule has 1 aliphatic rings. The van der Waals surface area contributed by atoms with Crippen molar-refractivity contribution in [3.05, 3.63) is 96.2 Å². The van der Waals surface area contributed by atoms with Gasteiger partial charge in [0.15, 0.2) is 6.21 Å². The Bertz CT molecular complexity index is 883. The fourth-order valence-corrected chi connectivity index (χ4v) is 3.50. The third-order valence-corrected chi connectivity index (χ3v) is 5.00. The van der Waals surface area contributed by atoms with E-state index in [1.165, 1.54) is 22.6 Å². The van der Waals surface area contributed by atoms with Gasteiger partial charge in [0.1, 0.15) is 7.05 Å². The third kappa shape index (κ3) is 3.55. The Labute approximate surface area is 157 Å².